The number of aliphatic hydroxyl groups is 2. The van der Waals surface area contributed by atoms with E-state index in [0.717, 1.165) is 43.4 Å². The minimum atomic E-state index is -0.0764. The van der Waals surface area contributed by atoms with Crippen molar-refractivity contribution in [1.82, 2.24) is 0 Å². The van der Waals surface area contributed by atoms with Crippen molar-refractivity contribution < 1.29 is 10.2 Å². The molecule has 2 N–H and O–H groups in total. The lowest BCUT2D eigenvalue weighted by atomic mass is 9.54. The molecule has 0 saturated heterocycles. The molecule has 4 aliphatic carbocycles. The third-order valence-electron chi connectivity index (χ3n) is 7.30. The molecule has 0 heterocycles. The maximum absolute atomic E-state index is 10.4. The van der Waals surface area contributed by atoms with Crippen LogP contribution in [0.25, 0.3) is 0 Å². The van der Waals surface area contributed by atoms with Gasteiger partial charge >= 0.3 is 0 Å². The Morgan fingerprint density at radius 2 is 1.85 bits per heavy atom. The second-order valence-corrected chi connectivity index (χ2v) is 8.08. The van der Waals surface area contributed by atoms with Crippen LogP contribution in [-0.2, 0) is 0 Å². The summed E-state index contributed by atoms with van der Waals surface area (Å²) >= 11 is 0. The van der Waals surface area contributed by atoms with Crippen molar-refractivity contribution in [3.8, 4) is 0 Å². The highest BCUT2D eigenvalue weighted by Gasteiger charge is 2.54. The fourth-order valence-electron chi connectivity index (χ4n) is 6.16. The Morgan fingerprint density at radius 1 is 1.00 bits per heavy atom. The van der Waals surface area contributed by atoms with Gasteiger partial charge in [0.2, 0.25) is 0 Å². The van der Waals surface area contributed by atoms with Gasteiger partial charge in [-0.15, -0.1) is 0 Å². The number of rotatable bonds is 0. The zero-order valence-electron chi connectivity index (χ0n) is 12.6. The second kappa shape index (κ2) is 4.58. The van der Waals surface area contributed by atoms with E-state index >= 15 is 0 Å². The molecule has 0 aliphatic heterocycles. The molecule has 20 heavy (non-hydrogen) atoms. The lowest BCUT2D eigenvalue weighted by molar-refractivity contribution is -0.0326. The first kappa shape index (κ1) is 13.3. The van der Waals surface area contributed by atoms with Crippen LogP contribution in [0.15, 0.2) is 11.1 Å². The number of hydrogen-bond donors (Lipinski definition) is 2. The summed E-state index contributed by atoms with van der Waals surface area (Å²) in [7, 11) is 0. The normalized spacial score (nSPS) is 51.5. The highest BCUT2D eigenvalue weighted by Crippen LogP contribution is 2.61. The van der Waals surface area contributed by atoms with Crippen LogP contribution in [0, 0.1) is 23.2 Å². The molecule has 0 amide bonds. The van der Waals surface area contributed by atoms with E-state index in [1.807, 2.05) is 0 Å². The Morgan fingerprint density at radius 3 is 2.70 bits per heavy atom. The average Bonchev–Trinajstić information content (AvgIpc) is 2.74. The molecule has 4 rings (SSSR count). The van der Waals surface area contributed by atoms with Gasteiger partial charge in [-0.05, 0) is 81.0 Å². The van der Waals surface area contributed by atoms with Gasteiger partial charge in [0.1, 0.15) is 0 Å². The topological polar surface area (TPSA) is 40.5 Å². The average molecular weight is 276 g/mol. The van der Waals surface area contributed by atoms with Crippen LogP contribution < -0.4 is 0 Å². The minimum Gasteiger partial charge on any atom is -0.393 e. The fourth-order valence-corrected chi connectivity index (χ4v) is 6.16. The fraction of sp³-hybridized carbons (Fsp3) is 0.889. The van der Waals surface area contributed by atoms with Crippen molar-refractivity contribution in [2.45, 2.75) is 76.9 Å². The van der Waals surface area contributed by atoms with Gasteiger partial charge in [-0.25, -0.2) is 0 Å². The Kier molecular flexibility index (Phi) is 3.05. The standard InChI is InChI=1S/C18H28O2/c1-18-9-8-14-13-5-3-12(19)10-11(13)2-4-15(14)16(18)6-7-17(18)20/h12,14-17,19-20H,2-10H2,1H3. The van der Waals surface area contributed by atoms with Crippen molar-refractivity contribution in [3.63, 3.8) is 0 Å². The predicted octanol–water partition coefficient (Wildman–Crippen LogP) is 3.43. The molecule has 0 radical (unpaired) electrons. The van der Waals surface area contributed by atoms with E-state index in [9.17, 15) is 10.2 Å². The summed E-state index contributed by atoms with van der Waals surface area (Å²) in [5, 5.41) is 20.3. The van der Waals surface area contributed by atoms with Gasteiger partial charge in [-0.2, -0.15) is 0 Å². The molecule has 0 bridgehead atoms. The molecule has 0 aromatic rings. The van der Waals surface area contributed by atoms with Crippen LogP contribution in [-0.4, -0.2) is 22.4 Å². The molecular formula is C18H28O2. The van der Waals surface area contributed by atoms with E-state index in [1.54, 1.807) is 11.1 Å². The van der Waals surface area contributed by atoms with Crippen LogP contribution in [0.2, 0.25) is 0 Å². The van der Waals surface area contributed by atoms with E-state index in [1.165, 1.54) is 32.1 Å². The Bertz CT molecular complexity index is 441. The van der Waals surface area contributed by atoms with Crippen LogP contribution in [0.5, 0.6) is 0 Å². The smallest absolute Gasteiger partial charge is 0.0596 e. The van der Waals surface area contributed by atoms with Crippen LogP contribution in [0.3, 0.4) is 0 Å². The van der Waals surface area contributed by atoms with Crippen LogP contribution in [0.1, 0.15) is 64.7 Å². The first-order valence-electron chi connectivity index (χ1n) is 8.66. The van der Waals surface area contributed by atoms with E-state index in [4.69, 9.17) is 0 Å². The summed E-state index contributed by atoms with van der Waals surface area (Å²) in [6.45, 7) is 2.35. The molecule has 0 aromatic carbocycles. The van der Waals surface area contributed by atoms with Crippen molar-refractivity contribution in [2.24, 2.45) is 23.2 Å². The summed E-state index contributed by atoms with van der Waals surface area (Å²) in [4.78, 5) is 0. The summed E-state index contributed by atoms with van der Waals surface area (Å²) < 4.78 is 0. The van der Waals surface area contributed by atoms with Crippen molar-refractivity contribution in [1.29, 1.82) is 0 Å². The monoisotopic (exact) mass is 276 g/mol. The Balaban J connectivity index is 1.64. The van der Waals surface area contributed by atoms with Gasteiger partial charge < -0.3 is 10.2 Å². The quantitative estimate of drug-likeness (QED) is 0.666. The highest BCUT2D eigenvalue weighted by molar-refractivity contribution is 5.27. The van der Waals surface area contributed by atoms with Crippen LogP contribution >= 0.6 is 0 Å². The molecule has 4 aliphatic rings. The molecular weight excluding hydrogens is 248 g/mol. The Labute approximate surface area is 122 Å². The molecule has 2 nitrogen and oxygen atoms in total. The predicted molar refractivity (Wildman–Crippen MR) is 79.2 cm³/mol. The SMILES string of the molecule is CC12CCC3C4=C(CCC3C1CCC2O)CC(O)CC4. The van der Waals surface area contributed by atoms with Gasteiger partial charge in [0.05, 0.1) is 12.2 Å². The molecule has 6 atom stereocenters. The lowest BCUT2D eigenvalue weighted by Gasteiger charge is -2.51. The zero-order valence-corrected chi connectivity index (χ0v) is 12.6. The van der Waals surface area contributed by atoms with Gasteiger partial charge in [0.15, 0.2) is 0 Å². The third-order valence-corrected chi connectivity index (χ3v) is 7.30. The van der Waals surface area contributed by atoms with Gasteiger partial charge in [-0.1, -0.05) is 18.1 Å². The molecule has 6 unspecified atom stereocenters. The number of allylic oxidation sites excluding steroid dienone is 1. The number of aliphatic hydroxyl groups excluding tert-OH is 2. The molecule has 2 heteroatoms. The molecule has 0 aromatic heterocycles. The first-order chi connectivity index (χ1) is 9.59. The second-order valence-electron chi connectivity index (χ2n) is 8.08. The molecule has 112 valence electrons. The van der Waals surface area contributed by atoms with E-state index in [0.29, 0.717) is 0 Å². The summed E-state index contributed by atoms with van der Waals surface area (Å²) in [6.07, 6.45) is 10.2. The molecule has 2 saturated carbocycles. The largest absolute Gasteiger partial charge is 0.393 e. The highest BCUT2D eigenvalue weighted by atomic mass is 16.3. The van der Waals surface area contributed by atoms with Gasteiger partial charge in [-0.3, -0.25) is 0 Å². The lowest BCUT2D eigenvalue weighted by Crippen LogP contribution is -2.45. The van der Waals surface area contributed by atoms with Crippen LogP contribution in [0.4, 0.5) is 0 Å². The zero-order chi connectivity index (χ0) is 13.9. The van der Waals surface area contributed by atoms with Crippen molar-refractivity contribution >= 4 is 0 Å². The van der Waals surface area contributed by atoms with Gasteiger partial charge in [0, 0.05) is 0 Å². The van der Waals surface area contributed by atoms with Gasteiger partial charge in [0.25, 0.3) is 0 Å². The Hall–Kier alpha value is -0.340. The summed E-state index contributed by atoms with van der Waals surface area (Å²) in [5.74, 6) is 2.35. The maximum atomic E-state index is 10.4. The minimum absolute atomic E-state index is 0.0583. The van der Waals surface area contributed by atoms with Crippen molar-refractivity contribution in [3.05, 3.63) is 11.1 Å². The van der Waals surface area contributed by atoms with E-state index < -0.39 is 0 Å². The summed E-state index contributed by atoms with van der Waals surface area (Å²) in [5.41, 5.74) is 3.54. The molecule has 2 fully saturated rings. The number of fused-ring (bicyclic) bond motifs is 4. The van der Waals surface area contributed by atoms with E-state index in [2.05, 4.69) is 6.92 Å². The van der Waals surface area contributed by atoms with Crippen molar-refractivity contribution in [2.75, 3.05) is 0 Å². The number of hydrogen-bond acceptors (Lipinski definition) is 2. The van der Waals surface area contributed by atoms with E-state index in [-0.39, 0.29) is 17.6 Å². The molecule has 0 spiro atoms. The first-order valence-corrected chi connectivity index (χ1v) is 8.66. The third kappa shape index (κ3) is 1.77. The maximum Gasteiger partial charge on any atom is 0.0596 e. The summed E-state index contributed by atoms with van der Waals surface area (Å²) in [6, 6.07) is 0.